The van der Waals surface area contributed by atoms with Crippen LogP contribution in [0.1, 0.15) is 57.4 Å². The van der Waals surface area contributed by atoms with Crippen LogP contribution in [0.5, 0.6) is 0 Å². The number of rotatable bonds is 8. The standard InChI is InChI=1S/C30H35N5O3/c1-22-29(23(2)38-32-22)30(36)35-16-14-33(15-17-35)20-28(37-21-25-10-8-24(19-31)9-11-25)26-6-5-7-27(18-26)34-12-3-4-13-34/h5-11,18,28H,3-4,12-17,20-21H2,1-2H3/t28-/m1/s1. The number of aryl methyl sites for hydroxylation is 2. The summed E-state index contributed by atoms with van der Waals surface area (Å²) in [5.74, 6) is 0.567. The van der Waals surface area contributed by atoms with E-state index in [0.717, 1.165) is 43.9 Å². The highest BCUT2D eigenvalue weighted by molar-refractivity contribution is 5.96. The number of piperazine rings is 1. The highest BCUT2D eigenvalue weighted by atomic mass is 16.5. The van der Waals surface area contributed by atoms with Gasteiger partial charge in [0.15, 0.2) is 0 Å². The van der Waals surface area contributed by atoms with E-state index in [1.807, 2.05) is 36.1 Å². The Hall–Kier alpha value is -3.67. The van der Waals surface area contributed by atoms with E-state index in [1.165, 1.54) is 18.5 Å². The molecule has 8 nitrogen and oxygen atoms in total. The molecule has 3 heterocycles. The molecule has 2 aliphatic rings. The van der Waals surface area contributed by atoms with Gasteiger partial charge in [-0.2, -0.15) is 5.26 Å². The van der Waals surface area contributed by atoms with Crippen molar-refractivity contribution in [2.24, 2.45) is 0 Å². The van der Waals surface area contributed by atoms with Crippen molar-refractivity contribution in [2.45, 2.75) is 39.4 Å². The molecule has 5 rings (SSSR count). The van der Waals surface area contributed by atoms with E-state index < -0.39 is 0 Å². The topological polar surface area (TPSA) is 85.8 Å². The molecule has 2 fully saturated rings. The first-order valence-corrected chi connectivity index (χ1v) is 13.4. The quantitative estimate of drug-likeness (QED) is 0.439. The van der Waals surface area contributed by atoms with Gasteiger partial charge in [0.25, 0.3) is 5.91 Å². The minimum atomic E-state index is -0.113. The Morgan fingerprint density at radius 2 is 1.79 bits per heavy atom. The first-order valence-electron chi connectivity index (χ1n) is 13.4. The Bertz CT molecular complexity index is 1260. The number of hydrogen-bond donors (Lipinski definition) is 0. The summed E-state index contributed by atoms with van der Waals surface area (Å²) < 4.78 is 11.7. The Kier molecular flexibility index (Phi) is 8.06. The predicted octanol–water partition coefficient (Wildman–Crippen LogP) is 4.48. The van der Waals surface area contributed by atoms with Crippen molar-refractivity contribution >= 4 is 11.6 Å². The average Bonchev–Trinajstić information content (AvgIpc) is 3.61. The molecule has 0 saturated carbocycles. The van der Waals surface area contributed by atoms with Crippen molar-refractivity contribution in [1.29, 1.82) is 5.26 Å². The molecule has 38 heavy (non-hydrogen) atoms. The van der Waals surface area contributed by atoms with Gasteiger partial charge in [-0.3, -0.25) is 9.69 Å². The molecule has 1 atom stereocenters. The highest BCUT2D eigenvalue weighted by Crippen LogP contribution is 2.28. The van der Waals surface area contributed by atoms with Crippen LogP contribution in [0.2, 0.25) is 0 Å². The molecule has 2 aliphatic heterocycles. The van der Waals surface area contributed by atoms with Gasteiger partial charge in [-0.1, -0.05) is 29.4 Å². The lowest BCUT2D eigenvalue weighted by Crippen LogP contribution is -2.49. The lowest BCUT2D eigenvalue weighted by atomic mass is 10.1. The van der Waals surface area contributed by atoms with Crippen LogP contribution in [0.3, 0.4) is 0 Å². The van der Waals surface area contributed by atoms with E-state index in [0.29, 0.717) is 42.3 Å². The number of aromatic nitrogens is 1. The van der Waals surface area contributed by atoms with Gasteiger partial charge in [-0.25, -0.2) is 0 Å². The number of carbonyl (C=O) groups excluding carboxylic acids is 1. The van der Waals surface area contributed by atoms with Crippen LogP contribution in [0.15, 0.2) is 53.1 Å². The van der Waals surface area contributed by atoms with E-state index in [-0.39, 0.29) is 12.0 Å². The summed E-state index contributed by atoms with van der Waals surface area (Å²) in [6.45, 7) is 9.86. The van der Waals surface area contributed by atoms with Crippen molar-refractivity contribution in [2.75, 3.05) is 50.7 Å². The molecular formula is C30H35N5O3. The monoisotopic (exact) mass is 513 g/mol. The molecule has 8 heteroatoms. The number of nitrogens with zero attached hydrogens (tertiary/aromatic N) is 5. The maximum Gasteiger partial charge on any atom is 0.259 e. The maximum absolute atomic E-state index is 13.1. The van der Waals surface area contributed by atoms with Gasteiger partial charge in [0.05, 0.1) is 30.0 Å². The summed E-state index contributed by atoms with van der Waals surface area (Å²) in [4.78, 5) is 19.8. The first kappa shape index (κ1) is 26.0. The van der Waals surface area contributed by atoms with Crippen LogP contribution >= 0.6 is 0 Å². The van der Waals surface area contributed by atoms with E-state index in [4.69, 9.17) is 14.5 Å². The fourth-order valence-electron chi connectivity index (χ4n) is 5.34. The summed E-state index contributed by atoms with van der Waals surface area (Å²) in [5, 5.41) is 13.0. The van der Waals surface area contributed by atoms with E-state index in [2.05, 4.69) is 45.3 Å². The number of benzene rings is 2. The molecule has 0 N–H and O–H groups in total. The summed E-state index contributed by atoms with van der Waals surface area (Å²) in [5.41, 5.74) is 5.33. The largest absolute Gasteiger partial charge is 0.372 e. The zero-order valence-corrected chi connectivity index (χ0v) is 22.2. The van der Waals surface area contributed by atoms with Crippen molar-refractivity contribution in [1.82, 2.24) is 15.0 Å². The minimum absolute atomic E-state index is 0.00664. The second-order valence-corrected chi connectivity index (χ2v) is 10.2. The molecule has 198 valence electrons. The summed E-state index contributed by atoms with van der Waals surface area (Å²) in [6, 6.07) is 18.5. The average molecular weight is 514 g/mol. The van der Waals surface area contributed by atoms with Crippen molar-refractivity contribution in [3.05, 3.63) is 82.2 Å². The zero-order valence-electron chi connectivity index (χ0n) is 22.2. The molecule has 0 bridgehead atoms. The van der Waals surface area contributed by atoms with Gasteiger partial charge in [-0.15, -0.1) is 0 Å². The smallest absolute Gasteiger partial charge is 0.259 e. The van der Waals surface area contributed by atoms with Crippen molar-refractivity contribution in [3.8, 4) is 6.07 Å². The summed E-state index contributed by atoms with van der Waals surface area (Å²) in [6.07, 6.45) is 2.36. The number of ether oxygens (including phenoxy) is 1. The number of amides is 1. The minimum Gasteiger partial charge on any atom is -0.372 e. The Labute approximate surface area is 224 Å². The Balaban J connectivity index is 1.27. The number of nitriles is 1. The van der Waals surface area contributed by atoms with Gasteiger partial charge in [-0.05, 0) is 62.1 Å². The van der Waals surface area contributed by atoms with E-state index >= 15 is 0 Å². The number of hydrogen-bond acceptors (Lipinski definition) is 7. The van der Waals surface area contributed by atoms with E-state index in [1.54, 1.807) is 6.92 Å². The molecule has 2 saturated heterocycles. The van der Waals surface area contributed by atoms with Crippen LogP contribution in [0, 0.1) is 25.2 Å². The highest BCUT2D eigenvalue weighted by Gasteiger charge is 2.28. The molecular weight excluding hydrogens is 478 g/mol. The molecule has 0 unspecified atom stereocenters. The third-order valence-electron chi connectivity index (χ3n) is 7.58. The molecule has 0 radical (unpaired) electrons. The van der Waals surface area contributed by atoms with Gasteiger partial charge in [0.1, 0.15) is 11.3 Å². The SMILES string of the molecule is Cc1noc(C)c1C(=O)N1CCN(C[C@@H](OCc2ccc(C#N)cc2)c2cccc(N3CCCC3)c2)CC1. The van der Waals surface area contributed by atoms with Crippen LogP contribution < -0.4 is 4.90 Å². The molecule has 1 aromatic heterocycles. The van der Waals surface area contributed by atoms with Crippen LogP contribution in [-0.4, -0.2) is 66.7 Å². The second-order valence-electron chi connectivity index (χ2n) is 10.2. The lowest BCUT2D eigenvalue weighted by molar-refractivity contribution is 0.00342. The maximum atomic E-state index is 13.1. The molecule has 0 aliphatic carbocycles. The van der Waals surface area contributed by atoms with Crippen LogP contribution in [0.4, 0.5) is 5.69 Å². The normalized spacial score (nSPS) is 17.0. The zero-order chi connectivity index (χ0) is 26.5. The molecule has 0 spiro atoms. The van der Waals surface area contributed by atoms with E-state index in [9.17, 15) is 4.79 Å². The number of carbonyl (C=O) groups is 1. The summed E-state index contributed by atoms with van der Waals surface area (Å²) >= 11 is 0. The van der Waals surface area contributed by atoms with Crippen LogP contribution in [-0.2, 0) is 11.3 Å². The van der Waals surface area contributed by atoms with Crippen molar-refractivity contribution < 1.29 is 14.1 Å². The second kappa shape index (κ2) is 11.8. The predicted molar refractivity (Wildman–Crippen MR) is 145 cm³/mol. The first-order chi connectivity index (χ1) is 18.5. The lowest BCUT2D eigenvalue weighted by Gasteiger charge is -2.36. The Morgan fingerprint density at radius 1 is 1.05 bits per heavy atom. The van der Waals surface area contributed by atoms with Crippen molar-refractivity contribution in [3.63, 3.8) is 0 Å². The van der Waals surface area contributed by atoms with Gasteiger partial charge >= 0.3 is 0 Å². The van der Waals surface area contributed by atoms with Crippen LogP contribution in [0.25, 0.3) is 0 Å². The fourth-order valence-corrected chi connectivity index (χ4v) is 5.34. The Morgan fingerprint density at radius 3 is 2.45 bits per heavy atom. The molecule has 3 aromatic rings. The summed E-state index contributed by atoms with van der Waals surface area (Å²) in [7, 11) is 0. The molecule has 2 aromatic carbocycles. The molecule has 1 amide bonds. The van der Waals surface area contributed by atoms with Gasteiger partial charge < -0.3 is 19.1 Å². The fraction of sp³-hybridized carbons (Fsp3) is 0.433. The van der Waals surface area contributed by atoms with Gasteiger partial charge in [0, 0.05) is 51.5 Å². The number of anilines is 1. The van der Waals surface area contributed by atoms with Gasteiger partial charge in [0.2, 0.25) is 0 Å². The third kappa shape index (κ3) is 5.90. The third-order valence-corrected chi connectivity index (χ3v) is 7.58.